The number of aromatic carboxylic acids is 1. The summed E-state index contributed by atoms with van der Waals surface area (Å²) in [4.78, 5) is 61.6. The maximum absolute atomic E-state index is 12.8. The average Bonchev–Trinajstić information content (AvgIpc) is 3.05. The number of aromatic nitrogens is 1. The molecule has 0 bridgehead atoms. The molecule has 1 aromatic carbocycles. The number of carbonyl (C=O) groups is 3. The van der Waals surface area contributed by atoms with Crippen molar-refractivity contribution in [3.8, 4) is 5.75 Å². The van der Waals surface area contributed by atoms with Gasteiger partial charge < -0.3 is 15.5 Å². The van der Waals surface area contributed by atoms with Crippen LogP contribution in [0.3, 0.4) is 0 Å². The molecule has 4 N–H and O–H groups in total. The summed E-state index contributed by atoms with van der Waals surface area (Å²) in [7, 11) is 0. The summed E-state index contributed by atoms with van der Waals surface area (Å²) in [6, 6.07) is 3.72. The Morgan fingerprint density at radius 1 is 1.19 bits per heavy atom. The van der Waals surface area contributed by atoms with Gasteiger partial charge in [0.25, 0.3) is 11.8 Å². The molecule has 31 heavy (non-hydrogen) atoms. The molecule has 2 amide bonds. The van der Waals surface area contributed by atoms with Crippen molar-refractivity contribution in [2.24, 2.45) is 0 Å². The number of amides is 2. The number of fused-ring (bicyclic) bond motifs is 2. The van der Waals surface area contributed by atoms with Gasteiger partial charge in [0.05, 0.1) is 22.7 Å². The number of hydrogen-bond acceptors (Lipinski definition) is 9. The van der Waals surface area contributed by atoms with Gasteiger partial charge in [-0.25, -0.2) is 4.79 Å². The monoisotopic (exact) mass is 442 g/mol. The predicted octanol–water partition coefficient (Wildman–Crippen LogP) is -0.0924. The maximum Gasteiger partial charge on any atom is 0.340 e. The molecule has 4 heterocycles. The number of nitrogens with one attached hydrogen (secondary N) is 2. The fourth-order valence-corrected chi connectivity index (χ4v) is 5.23. The number of aromatic hydroxyl groups is 1. The number of rotatable bonds is 5. The quantitative estimate of drug-likeness (QED) is 0.313. The second-order valence-electron chi connectivity index (χ2n) is 7.19. The van der Waals surface area contributed by atoms with Crippen LogP contribution < -0.4 is 21.9 Å². The molecule has 0 spiro atoms. The number of carboxylic acids is 1. The van der Waals surface area contributed by atoms with E-state index >= 15 is 0 Å². The molecule has 1 atom stereocenters. The number of imide groups is 1. The second kappa shape index (κ2) is 6.62. The summed E-state index contributed by atoms with van der Waals surface area (Å²) in [5.74, 6) is -2.66. The molecule has 1 unspecified atom stereocenters. The Balaban J connectivity index is 1.49. The zero-order chi connectivity index (χ0) is 22.0. The van der Waals surface area contributed by atoms with Crippen LogP contribution >= 0.6 is 11.3 Å². The van der Waals surface area contributed by atoms with E-state index in [1.807, 2.05) is 0 Å². The van der Waals surface area contributed by atoms with Crippen molar-refractivity contribution in [1.29, 1.82) is 0 Å². The molecular weight excluding hydrogens is 428 g/mol. The van der Waals surface area contributed by atoms with Gasteiger partial charge in [-0.05, 0) is 30.7 Å². The lowest BCUT2D eigenvalue weighted by atomic mass is 9.99. The van der Waals surface area contributed by atoms with Crippen LogP contribution in [0.15, 0.2) is 27.8 Å². The minimum Gasteiger partial charge on any atom is -0.507 e. The number of nitrogens with zero attached hydrogens (tertiary/aromatic N) is 2. The van der Waals surface area contributed by atoms with E-state index in [4.69, 9.17) is 0 Å². The fourth-order valence-electron chi connectivity index (χ4n) is 3.93. The molecule has 0 aliphatic carbocycles. The highest BCUT2D eigenvalue weighted by Crippen LogP contribution is 2.40. The summed E-state index contributed by atoms with van der Waals surface area (Å²) < 4.78 is 0.721. The predicted molar refractivity (Wildman–Crippen MR) is 108 cm³/mol. The van der Waals surface area contributed by atoms with Gasteiger partial charge in [0, 0.05) is 11.4 Å². The molecule has 11 nitrogen and oxygen atoms in total. The highest BCUT2D eigenvalue weighted by atomic mass is 32.1. The van der Waals surface area contributed by atoms with Gasteiger partial charge in [-0.3, -0.25) is 29.5 Å². The molecule has 0 saturated carbocycles. The van der Waals surface area contributed by atoms with Crippen molar-refractivity contribution in [3.05, 3.63) is 66.0 Å². The number of carbonyl (C=O) groups excluding carboxylic acids is 2. The highest BCUT2D eigenvalue weighted by molar-refractivity contribution is 7.16. The van der Waals surface area contributed by atoms with Crippen molar-refractivity contribution in [2.75, 3.05) is 18.5 Å². The first-order chi connectivity index (χ1) is 14.8. The van der Waals surface area contributed by atoms with Crippen LogP contribution in [-0.4, -0.2) is 50.7 Å². The van der Waals surface area contributed by atoms with Gasteiger partial charge >= 0.3 is 17.1 Å². The molecule has 2 aliphatic heterocycles. The van der Waals surface area contributed by atoms with Gasteiger partial charge in [0.1, 0.15) is 10.8 Å². The van der Waals surface area contributed by atoms with E-state index in [1.165, 1.54) is 18.2 Å². The molecule has 12 heteroatoms. The minimum absolute atomic E-state index is 0.0426. The van der Waals surface area contributed by atoms with Gasteiger partial charge in [-0.1, -0.05) is 6.07 Å². The second-order valence-corrected chi connectivity index (χ2v) is 8.24. The van der Waals surface area contributed by atoms with E-state index in [1.54, 1.807) is 0 Å². The van der Waals surface area contributed by atoms with Gasteiger partial charge in [0.2, 0.25) is 0 Å². The van der Waals surface area contributed by atoms with Crippen LogP contribution in [0.5, 0.6) is 5.75 Å². The van der Waals surface area contributed by atoms with Crippen LogP contribution in [0, 0.1) is 0 Å². The number of phenols is 1. The first-order valence-corrected chi connectivity index (χ1v) is 10.1. The zero-order valence-corrected chi connectivity index (χ0v) is 16.5. The molecule has 2 aromatic heterocycles. The number of thiophene rings is 1. The van der Waals surface area contributed by atoms with E-state index in [9.17, 15) is 34.2 Å². The third-order valence-electron chi connectivity index (χ3n) is 5.43. The van der Waals surface area contributed by atoms with Crippen LogP contribution in [0.1, 0.15) is 47.6 Å². The van der Waals surface area contributed by atoms with E-state index in [0.29, 0.717) is 23.4 Å². The maximum atomic E-state index is 12.8. The number of benzene rings is 1. The molecule has 3 aromatic rings. The largest absolute Gasteiger partial charge is 0.507 e. The average molecular weight is 442 g/mol. The normalized spacial score (nSPS) is 17.8. The molecule has 0 radical (unpaired) electrons. The summed E-state index contributed by atoms with van der Waals surface area (Å²) in [6.45, 7) is 0.337. The number of hydrogen-bond donors (Lipinski definition) is 4. The summed E-state index contributed by atoms with van der Waals surface area (Å²) in [6.07, 6.45) is 0.385. The molecular formula is C19H14N4O7S. The molecule has 2 aliphatic rings. The summed E-state index contributed by atoms with van der Waals surface area (Å²) >= 11 is 1.04. The third-order valence-corrected chi connectivity index (χ3v) is 6.68. The Morgan fingerprint density at radius 3 is 2.58 bits per heavy atom. The van der Waals surface area contributed by atoms with Crippen LogP contribution in [-0.2, 0) is 6.42 Å². The molecule has 5 rings (SSSR count). The Bertz CT molecular complexity index is 1340. The van der Waals surface area contributed by atoms with Crippen LogP contribution in [0.4, 0.5) is 5.00 Å². The molecule has 0 saturated heterocycles. The van der Waals surface area contributed by atoms with E-state index < -0.39 is 34.9 Å². The topological polar surface area (TPSA) is 158 Å². The first kappa shape index (κ1) is 19.2. The van der Waals surface area contributed by atoms with Crippen LogP contribution in [0.2, 0.25) is 0 Å². The minimum atomic E-state index is -1.21. The van der Waals surface area contributed by atoms with E-state index in [0.717, 1.165) is 20.9 Å². The Kier molecular flexibility index (Phi) is 4.10. The Labute approximate surface area is 176 Å². The van der Waals surface area contributed by atoms with Crippen molar-refractivity contribution < 1.29 is 24.6 Å². The van der Waals surface area contributed by atoms with E-state index in [2.05, 4.69) is 10.7 Å². The van der Waals surface area contributed by atoms with E-state index in [-0.39, 0.29) is 34.0 Å². The van der Waals surface area contributed by atoms with Crippen molar-refractivity contribution in [1.82, 2.24) is 14.9 Å². The summed E-state index contributed by atoms with van der Waals surface area (Å²) in [5, 5.41) is 23.0. The molecule has 158 valence electrons. The lowest BCUT2D eigenvalue weighted by Crippen LogP contribution is -2.41. The standard InChI is InChI=1S/C19H14N4O7S/c24-10-3-1-2-8-11(10)16(26)22(15(8)25)6-9-13-7(4-5-20-9)12(19(29)30)14(31-13)21-23-17(27)18(23)28/h1-3,9,20-21,24H,4-6H2,(H,29,30). The zero-order valence-electron chi connectivity index (χ0n) is 15.7. The number of anilines is 1. The number of phenolic OH excluding ortho intramolecular Hbond substituents is 1. The SMILES string of the molecule is O=C(O)c1c(Nn2c(=O)c2=O)sc2c1CCNC2CN1C(=O)c2cccc(O)c2C1=O. The summed E-state index contributed by atoms with van der Waals surface area (Å²) in [5.41, 5.74) is 1.55. The van der Waals surface area contributed by atoms with Gasteiger partial charge in [-0.15, -0.1) is 11.3 Å². The van der Waals surface area contributed by atoms with Crippen LogP contribution in [0.25, 0.3) is 0 Å². The highest BCUT2D eigenvalue weighted by Gasteiger charge is 2.40. The Hall–Kier alpha value is -3.77. The lowest BCUT2D eigenvalue weighted by Gasteiger charge is -2.27. The fraction of sp³-hybridized carbons (Fsp3) is 0.211. The van der Waals surface area contributed by atoms with Crippen molar-refractivity contribution in [3.63, 3.8) is 0 Å². The first-order valence-electron chi connectivity index (χ1n) is 9.25. The van der Waals surface area contributed by atoms with Crippen molar-refractivity contribution in [2.45, 2.75) is 12.5 Å². The van der Waals surface area contributed by atoms with Crippen molar-refractivity contribution >= 4 is 34.1 Å². The third kappa shape index (κ3) is 2.79. The molecule has 0 fully saturated rings. The number of carboxylic acid groups (broad SMARTS) is 1. The van der Waals surface area contributed by atoms with Gasteiger partial charge in [-0.2, -0.15) is 4.68 Å². The smallest absolute Gasteiger partial charge is 0.340 e. The Morgan fingerprint density at radius 2 is 1.94 bits per heavy atom. The lowest BCUT2D eigenvalue weighted by molar-refractivity contribution is 0.0632. The van der Waals surface area contributed by atoms with Gasteiger partial charge in [0.15, 0.2) is 0 Å².